The first-order chi connectivity index (χ1) is 12.3. The number of carbonyl (C=O) groups excluding carboxylic acids is 1. The highest BCUT2D eigenvalue weighted by atomic mass is 32.2. The average Bonchev–Trinajstić information content (AvgIpc) is 2.96. The smallest absolute Gasteiger partial charge is 0.305 e. The Labute approximate surface area is 153 Å². The van der Waals surface area contributed by atoms with E-state index in [9.17, 15) is 18.0 Å². The second kappa shape index (κ2) is 8.50. The van der Waals surface area contributed by atoms with Crippen LogP contribution in [-0.2, 0) is 19.6 Å². The van der Waals surface area contributed by atoms with Gasteiger partial charge in [0.05, 0.1) is 18.3 Å². The molecule has 2 unspecified atom stereocenters. The summed E-state index contributed by atoms with van der Waals surface area (Å²) in [7, 11) is -1.93. The van der Waals surface area contributed by atoms with Gasteiger partial charge in [0.2, 0.25) is 10.0 Å². The lowest BCUT2D eigenvalue weighted by Gasteiger charge is -2.23. The molecule has 1 aromatic carbocycles. The molecule has 0 aliphatic carbocycles. The second-order valence-corrected chi connectivity index (χ2v) is 8.15. The number of hydrogen-bond donors (Lipinski definition) is 2. The summed E-state index contributed by atoms with van der Waals surface area (Å²) >= 11 is 0. The van der Waals surface area contributed by atoms with Gasteiger partial charge < -0.3 is 14.7 Å². The van der Waals surface area contributed by atoms with Crippen molar-refractivity contribution in [2.75, 3.05) is 24.1 Å². The number of likely N-dealkylation sites (tertiary alicyclic amines) is 1. The lowest BCUT2D eigenvalue weighted by Crippen LogP contribution is -2.37. The van der Waals surface area contributed by atoms with Crippen LogP contribution in [-0.4, -0.2) is 61.9 Å². The largest absolute Gasteiger partial charge is 0.481 e. The molecule has 1 aromatic rings. The van der Waals surface area contributed by atoms with Crippen molar-refractivity contribution >= 4 is 27.6 Å². The minimum Gasteiger partial charge on any atom is -0.481 e. The number of aliphatic carboxylic acids is 1. The number of carboxylic acid groups (broad SMARTS) is 1. The van der Waals surface area contributed by atoms with Gasteiger partial charge >= 0.3 is 5.97 Å². The van der Waals surface area contributed by atoms with E-state index < -0.39 is 22.0 Å². The van der Waals surface area contributed by atoms with E-state index in [1.807, 2.05) is 0 Å². The van der Waals surface area contributed by atoms with Crippen molar-refractivity contribution in [2.45, 2.75) is 38.3 Å². The number of sulfonamides is 1. The number of amides is 1. The highest BCUT2D eigenvalue weighted by Crippen LogP contribution is 2.25. The number of nitrogens with one attached hydrogen (secondary N) is 1. The van der Waals surface area contributed by atoms with E-state index in [0.717, 1.165) is 0 Å². The Kier molecular flexibility index (Phi) is 6.60. The maximum absolute atomic E-state index is 12.8. The normalized spacial score (nSPS) is 20.2. The fourth-order valence-electron chi connectivity index (χ4n) is 3.07. The zero-order valence-electron chi connectivity index (χ0n) is 14.8. The summed E-state index contributed by atoms with van der Waals surface area (Å²) in [6, 6.07) is 5.75. The van der Waals surface area contributed by atoms with Crippen molar-refractivity contribution in [3.05, 3.63) is 29.8 Å². The van der Waals surface area contributed by atoms with Gasteiger partial charge in [0, 0.05) is 30.9 Å². The Bertz CT molecular complexity index is 764. The summed E-state index contributed by atoms with van der Waals surface area (Å²) in [5.41, 5.74) is 0.607. The molecule has 0 spiro atoms. The fourth-order valence-corrected chi connectivity index (χ4v) is 4.19. The fraction of sp³-hybridized carbons (Fsp3) is 0.529. The number of carboxylic acids is 1. The minimum absolute atomic E-state index is 0.00644. The maximum Gasteiger partial charge on any atom is 0.305 e. The molecular formula is C17H24N2O6S. The number of benzene rings is 1. The molecule has 1 heterocycles. The summed E-state index contributed by atoms with van der Waals surface area (Å²) in [5.74, 6) is -1.33. The van der Waals surface area contributed by atoms with Crippen molar-refractivity contribution in [2.24, 2.45) is 0 Å². The van der Waals surface area contributed by atoms with Gasteiger partial charge in [0.15, 0.2) is 0 Å². The SMILES string of the molecule is CCCS(=O)(=O)Nc1cccc(C(=O)N2CC(OC)CC2CC(=O)O)c1. The van der Waals surface area contributed by atoms with Gasteiger partial charge in [-0.2, -0.15) is 0 Å². The molecule has 2 N–H and O–H groups in total. The second-order valence-electron chi connectivity index (χ2n) is 6.30. The van der Waals surface area contributed by atoms with E-state index in [0.29, 0.717) is 30.6 Å². The monoisotopic (exact) mass is 384 g/mol. The Morgan fingerprint density at radius 1 is 1.38 bits per heavy atom. The predicted molar refractivity (Wildman–Crippen MR) is 96.6 cm³/mol. The van der Waals surface area contributed by atoms with E-state index in [4.69, 9.17) is 9.84 Å². The molecule has 1 fully saturated rings. The standard InChI is InChI=1S/C17H24N2O6S/c1-3-7-26(23,24)18-13-6-4-5-12(8-13)17(22)19-11-15(25-2)9-14(19)10-16(20)21/h4-6,8,14-15,18H,3,7,9-11H2,1-2H3,(H,20,21). The summed E-state index contributed by atoms with van der Waals surface area (Å²) in [4.78, 5) is 25.4. The summed E-state index contributed by atoms with van der Waals surface area (Å²) in [6.07, 6.45) is 0.567. The third-order valence-corrected chi connectivity index (χ3v) is 5.73. The quantitative estimate of drug-likeness (QED) is 0.703. The van der Waals surface area contributed by atoms with Gasteiger partial charge in [-0.15, -0.1) is 0 Å². The minimum atomic E-state index is -3.46. The van der Waals surface area contributed by atoms with E-state index >= 15 is 0 Å². The van der Waals surface area contributed by atoms with Gasteiger partial charge in [-0.05, 0) is 31.0 Å². The van der Waals surface area contributed by atoms with Crippen molar-refractivity contribution in [3.8, 4) is 0 Å². The van der Waals surface area contributed by atoms with Crippen LogP contribution in [0.5, 0.6) is 0 Å². The van der Waals surface area contributed by atoms with Crippen LogP contribution in [0.25, 0.3) is 0 Å². The van der Waals surface area contributed by atoms with Crippen molar-refractivity contribution < 1.29 is 27.9 Å². The Hall–Kier alpha value is -2.13. The molecule has 0 radical (unpaired) electrons. The highest BCUT2D eigenvalue weighted by molar-refractivity contribution is 7.92. The molecule has 2 atom stereocenters. The molecule has 26 heavy (non-hydrogen) atoms. The van der Waals surface area contributed by atoms with E-state index in [2.05, 4.69) is 4.72 Å². The Morgan fingerprint density at radius 2 is 2.12 bits per heavy atom. The molecule has 1 aliphatic rings. The van der Waals surface area contributed by atoms with Crippen LogP contribution in [0.4, 0.5) is 5.69 Å². The van der Waals surface area contributed by atoms with Gasteiger partial charge in [-0.25, -0.2) is 8.42 Å². The van der Waals surface area contributed by atoms with Gasteiger partial charge in [-0.3, -0.25) is 14.3 Å². The van der Waals surface area contributed by atoms with Gasteiger partial charge in [0.25, 0.3) is 5.91 Å². The summed E-state index contributed by atoms with van der Waals surface area (Å²) in [6.45, 7) is 2.07. The van der Waals surface area contributed by atoms with Crippen LogP contribution in [0.1, 0.15) is 36.5 Å². The molecule has 1 amide bonds. The molecule has 0 bridgehead atoms. The lowest BCUT2D eigenvalue weighted by atomic mass is 10.1. The molecular weight excluding hydrogens is 360 g/mol. The van der Waals surface area contributed by atoms with Gasteiger partial charge in [0.1, 0.15) is 0 Å². The first-order valence-corrected chi connectivity index (χ1v) is 10.1. The predicted octanol–water partition coefficient (Wildman–Crippen LogP) is 1.54. The molecule has 2 rings (SSSR count). The summed E-state index contributed by atoms with van der Waals surface area (Å²) < 4.78 is 31.5. The van der Waals surface area contributed by atoms with Crippen LogP contribution < -0.4 is 4.72 Å². The number of rotatable bonds is 8. The van der Waals surface area contributed by atoms with Crippen LogP contribution >= 0.6 is 0 Å². The van der Waals surface area contributed by atoms with Crippen molar-refractivity contribution in [1.82, 2.24) is 4.90 Å². The topological polar surface area (TPSA) is 113 Å². The molecule has 0 aromatic heterocycles. The third-order valence-electron chi connectivity index (χ3n) is 4.24. The number of nitrogens with zero attached hydrogens (tertiary/aromatic N) is 1. The Balaban J connectivity index is 2.20. The van der Waals surface area contributed by atoms with Crippen LogP contribution in [0.3, 0.4) is 0 Å². The zero-order valence-corrected chi connectivity index (χ0v) is 15.7. The van der Waals surface area contributed by atoms with Gasteiger partial charge in [-0.1, -0.05) is 13.0 Å². The lowest BCUT2D eigenvalue weighted by molar-refractivity contribution is -0.138. The third kappa shape index (κ3) is 5.18. The molecule has 0 saturated carbocycles. The first-order valence-electron chi connectivity index (χ1n) is 8.41. The molecule has 8 nitrogen and oxygen atoms in total. The average molecular weight is 384 g/mol. The van der Waals surface area contributed by atoms with E-state index in [1.54, 1.807) is 25.1 Å². The number of ether oxygens (including phenoxy) is 1. The molecule has 1 aliphatic heterocycles. The number of methoxy groups -OCH3 is 1. The summed E-state index contributed by atoms with van der Waals surface area (Å²) in [5, 5.41) is 9.07. The highest BCUT2D eigenvalue weighted by Gasteiger charge is 2.37. The number of carbonyl (C=O) groups is 2. The molecule has 144 valence electrons. The van der Waals surface area contributed by atoms with Crippen LogP contribution in [0.2, 0.25) is 0 Å². The number of anilines is 1. The van der Waals surface area contributed by atoms with Crippen molar-refractivity contribution in [1.29, 1.82) is 0 Å². The number of hydrogen-bond acceptors (Lipinski definition) is 5. The van der Waals surface area contributed by atoms with E-state index in [-0.39, 0.29) is 24.2 Å². The van der Waals surface area contributed by atoms with Crippen LogP contribution in [0, 0.1) is 0 Å². The molecule has 9 heteroatoms. The first kappa shape index (κ1) is 20.2. The van der Waals surface area contributed by atoms with Crippen LogP contribution in [0.15, 0.2) is 24.3 Å². The van der Waals surface area contributed by atoms with E-state index in [1.165, 1.54) is 18.1 Å². The maximum atomic E-state index is 12.8. The molecule has 1 saturated heterocycles. The zero-order chi connectivity index (χ0) is 19.3. The van der Waals surface area contributed by atoms with Crippen molar-refractivity contribution in [3.63, 3.8) is 0 Å². The Morgan fingerprint density at radius 3 is 2.73 bits per heavy atom.